The van der Waals surface area contributed by atoms with Crippen molar-refractivity contribution in [2.24, 2.45) is 13.0 Å². The zero-order valence-corrected chi connectivity index (χ0v) is 21.9. The van der Waals surface area contributed by atoms with Gasteiger partial charge in [0, 0.05) is 44.5 Å². The summed E-state index contributed by atoms with van der Waals surface area (Å²) in [6.07, 6.45) is 3.17. The molecule has 1 saturated carbocycles. The first-order valence-corrected chi connectivity index (χ1v) is 13.3. The Labute approximate surface area is 223 Å². The lowest BCUT2D eigenvalue weighted by Gasteiger charge is -2.33. The summed E-state index contributed by atoms with van der Waals surface area (Å²) in [6.45, 7) is 3.96. The molecule has 11 heteroatoms. The highest BCUT2D eigenvalue weighted by atomic mass is 19.4. The Morgan fingerprint density at radius 1 is 1.18 bits per heavy atom. The van der Waals surface area contributed by atoms with Gasteiger partial charge in [-0.1, -0.05) is 18.6 Å². The first-order valence-electron chi connectivity index (χ1n) is 13.3. The Bertz CT molecular complexity index is 1550. The van der Waals surface area contributed by atoms with Crippen LogP contribution in [-0.2, 0) is 24.5 Å². The summed E-state index contributed by atoms with van der Waals surface area (Å²) in [4.78, 5) is 15.7. The molecular formula is C28H31F3N6O2. The van der Waals surface area contributed by atoms with Gasteiger partial charge in [0.1, 0.15) is 12.2 Å². The maximum atomic E-state index is 14.2. The fraction of sp³-hybridized carbons (Fsp3) is 0.464. The number of nitrogens with zero attached hydrogens (tertiary/aromatic N) is 6. The van der Waals surface area contributed by atoms with Gasteiger partial charge in [0.05, 0.1) is 30.0 Å². The van der Waals surface area contributed by atoms with E-state index in [1.54, 1.807) is 12.4 Å². The van der Waals surface area contributed by atoms with Crippen LogP contribution in [0.3, 0.4) is 0 Å². The van der Waals surface area contributed by atoms with E-state index in [4.69, 9.17) is 4.74 Å². The summed E-state index contributed by atoms with van der Waals surface area (Å²) >= 11 is 0. The van der Waals surface area contributed by atoms with Crippen molar-refractivity contribution in [3.63, 3.8) is 0 Å². The number of aryl methyl sites for hydroxylation is 1. The summed E-state index contributed by atoms with van der Waals surface area (Å²) in [5.74, 6) is 1.23. The summed E-state index contributed by atoms with van der Waals surface area (Å²) < 4.78 is 52.5. The highest BCUT2D eigenvalue weighted by Crippen LogP contribution is 2.43. The standard InChI is InChI=1S/C28H31F3N6O2/c1-18-16-39-10-9-35(18)13-19-11-23(28(29,30)31)24-15-36(27(38)37(24)14-19)22-8-4-7-21(12-22)25(20-5-3-6-20)26-33-32-17-34(26)2/h4,7-8,11-12,14-15,17-18,20,25H,3,5-6,9-10,13,16H2,1-2H3/t18-,25+/m0/s1. The van der Waals surface area contributed by atoms with Crippen LogP contribution in [0.15, 0.2) is 53.8 Å². The second kappa shape index (κ2) is 9.95. The molecule has 1 saturated heterocycles. The fourth-order valence-electron chi connectivity index (χ4n) is 5.82. The topological polar surface area (TPSA) is 69.6 Å². The maximum absolute atomic E-state index is 14.2. The molecule has 4 aromatic rings. The molecule has 1 aliphatic heterocycles. The van der Waals surface area contributed by atoms with Gasteiger partial charge in [-0.3, -0.25) is 13.9 Å². The number of halogens is 3. The molecule has 3 aromatic heterocycles. The molecule has 2 atom stereocenters. The van der Waals surface area contributed by atoms with Crippen LogP contribution in [0.1, 0.15) is 54.6 Å². The van der Waals surface area contributed by atoms with Crippen molar-refractivity contribution in [1.82, 2.24) is 28.6 Å². The van der Waals surface area contributed by atoms with Crippen molar-refractivity contribution in [1.29, 1.82) is 0 Å². The van der Waals surface area contributed by atoms with Crippen LogP contribution in [0.5, 0.6) is 0 Å². The van der Waals surface area contributed by atoms with Crippen LogP contribution in [0.25, 0.3) is 11.2 Å². The van der Waals surface area contributed by atoms with Gasteiger partial charge < -0.3 is 9.30 Å². The second-order valence-electron chi connectivity index (χ2n) is 10.8. The molecule has 4 heterocycles. The number of morpholine rings is 1. The molecule has 1 aromatic carbocycles. The van der Waals surface area contributed by atoms with Crippen molar-refractivity contribution >= 4 is 5.52 Å². The van der Waals surface area contributed by atoms with Crippen molar-refractivity contribution in [3.05, 3.63) is 82.1 Å². The molecule has 0 unspecified atom stereocenters. The predicted molar refractivity (Wildman–Crippen MR) is 139 cm³/mol. The molecule has 1 aliphatic carbocycles. The second-order valence-corrected chi connectivity index (χ2v) is 10.8. The molecular weight excluding hydrogens is 509 g/mol. The first kappa shape index (κ1) is 25.8. The van der Waals surface area contributed by atoms with E-state index in [0.29, 0.717) is 43.5 Å². The molecule has 8 nitrogen and oxygen atoms in total. The SMILES string of the molecule is C[C@H]1COCCN1Cc1cc(C(F)(F)F)c2cn(-c3cccc([C@H](c4nncn4C)C4CCC4)c3)c(=O)n2c1. The van der Waals surface area contributed by atoms with E-state index in [1.165, 1.54) is 23.0 Å². The third-order valence-corrected chi connectivity index (χ3v) is 8.17. The molecule has 206 valence electrons. The Balaban J connectivity index is 1.43. The molecule has 2 fully saturated rings. The molecule has 39 heavy (non-hydrogen) atoms. The summed E-state index contributed by atoms with van der Waals surface area (Å²) in [7, 11) is 1.91. The van der Waals surface area contributed by atoms with Gasteiger partial charge in [0.15, 0.2) is 0 Å². The lowest BCUT2D eigenvalue weighted by atomic mass is 9.72. The lowest BCUT2D eigenvalue weighted by Crippen LogP contribution is -2.43. The molecule has 0 spiro atoms. The van der Waals surface area contributed by atoms with Gasteiger partial charge in [0.2, 0.25) is 0 Å². The third-order valence-electron chi connectivity index (χ3n) is 8.17. The Morgan fingerprint density at radius 2 is 2.00 bits per heavy atom. The number of imidazole rings is 1. The minimum atomic E-state index is -4.61. The average Bonchev–Trinajstić information content (AvgIpc) is 3.44. The zero-order chi connectivity index (χ0) is 27.3. The smallest absolute Gasteiger partial charge is 0.379 e. The lowest BCUT2D eigenvalue weighted by molar-refractivity contribution is -0.136. The van der Waals surface area contributed by atoms with Crippen LogP contribution in [-0.4, -0.2) is 54.4 Å². The number of rotatable bonds is 6. The average molecular weight is 541 g/mol. The summed E-state index contributed by atoms with van der Waals surface area (Å²) in [5, 5.41) is 8.41. The summed E-state index contributed by atoms with van der Waals surface area (Å²) in [6, 6.07) is 8.72. The highest BCUT2D eigenvalue weighted by molar-refractivity contribution is 5.58. The third kappa shape index (κ3) is 4.78. The first-order chi connectivity index (χ1) is 18.7. The van der Waals surface area contributed by atoms with E-state index in [2.05, 4.69) is 15.1 Å². The van der Waals surface area contributed by atoms with Crippen LogP contribution < -0.4 is 5.69 Å². The van der Waals surface area contributed by atoms with Crippen LogP contribution in [0, 0.1) is 5.92 Å². The van der Waals surface area contributed by atoms with Gasteiger partial charge in [-0.25, -0.2) is 4.79 Å². The molecule has 6 rings (SSSR count). The number of pyridine rings is 1. The molecule has 2 aliphatic rings. The largest absolute Gasteiger partial charge is 0.418 e. The van der Waals surface area contributed by atoms with Gasteiger partial charge in [-0.05, 0) is 55.0 Å². The number of fused-ring (bicyclic) bond motifs is 1. The van der Waals surface area contributed by atoms with Gasteiger partial charge in [0.25, 0.3) is 0 Å². The zero-order valence-electron chi connectivity index (χ0n) is 21.9. The van der Waals surface area contributed by atoms with E-state index in [1.807, 2.05) is 36.7 Å². The minimum Gasteiger partial charge on any atom is -0.379 e. The van der Waals surface area contributed by atoms with E-state index in [-0.39, 0.29) is 17.5 Å². The molecule has 0 radical (unpaired) electrons. The quantitative estimate of drug-likeness (QED) is 0.363. The fourth-order valence-corrected chi connectivity index (χ4v) is 5.82. The van der Waals surface area contributed by atoms with Crippen LogP contribution >= 0.6 is 0 Å². The number of hydrogen-bond donors (Lipinski definition) is 0. The van der Waals surface area contributed by atoms with Crippen LogP contribution in [0.2, 0.25) is 0 Å². The van der Waals surface area contributed by atoms with Crippen molar-refractivity contribution in [3.8, 4) is 5.69 Å². The Hall–Kier alpha value is -3.44. The van der Waals surface area contributed by atoms with Gasteiger partial charge >= 0.3 is 11.9 Å². The molecule has 0 amide bonds. The van der Waals surface area contributed by atoms with Gasteiger partial charge in [-0.2, -0.15) is 13.2 Å². The number of ether oxygens (including phenoxy) is 1. The monoisotopic (exact) mass is 540 g/mol. The highest BCUT2D eigenvalue weighted by Gasteiger charge is 2.36. The Morgan fingerprint density at radius 3 is 2.67 bits per heavy atom. The number of aromatic nitrogens is 5. The molecule has 0 bridgehead atoms. The minimum absolute atomic E-state index is 0.00761. The van der Waals surface area contributed by atoms with Crippen molar-refractivity contribution < 1.29 is 17.9 Å². The van der Waals surface area contributed by atoms with Gasteiger partial charge in [-0.15, -0.1) is 10.2 Å². The summed E-state index contributed by atoms with van der Waals surface area (Å²) in [5.41, 5.74) is 0.394. The number of benzene rings is 1. The van der Waals surface area contributed by atoms with Crippen LogP contribution in [0.4, 0.5) is 13.2 Å². The Kier molecular flexibility index (Phi) is 6.58. The van der Waals surface area contributed by atoms with E-state index in [9.17, 15) is 18.0 Å². The molecule has 0 N–H and O–H groups in total. The normalized spacial score (nSPS) is 19.9. The van der Waals surface area contributed by atoms with Crippen molar-refractivity contribution in [2.75, 3.05) is 19.8 Å². The van der Waals surface area contributed by atoms with E-state index >= 15 is 0 Å². The van der Waals surface area contributed by atoms with E-state index < -0.39 is 17.4 Å². The predicted octanol–water partition coefficient (Wildman–Crippen LogP) is 4.39. The maximum Gasteiger partial charge on any atom is 0.418 e. The number of hydrogen-bond acceptors (Lipinski definition) is 5. The van der Waals surface area contributed by atoms with Crippen molar-refractivity contribution in [2.45, 2.75) is 50.9 Å². The van der Waals surface area contributed by atoms with E-state index in [0.717, 1.165) is 35.1 Å². The number of alkyl halides is 3.